The third-order valence-electron chi connectivity index (χ3n) is 5.29. The van der Waals surface area contributed by atoms with Gasteiger partial charge in [-0.1, -0.05) is 17.7 Å². The van der Waals surface area contributed by atoms with Crippen LogP contribution in [-0.2, 0) is 4.79 Å². The minimum Gasteiger partial charge on any atom is -0.420 e. The predicted octanol–water partition coefficient (Wildman–Crippen LogP) is 4.66. The lowest BCUT2D eigenvalue weighted by Gasteiger charge is -2.29. The Morgan fingerprint density at radius 2 is 1.93 bits per heavy atom. The number of piperidine rings is 1. The van der Waals surface area contributed by atoms with Crippen LogP contribution in [0.4, 0.5) is 10.1 Å². The largest absolute Gasteiger partial charge is 0.420 e. The average molecular weight is 429 g/mol. The zero-order valence-corrected chi connectivity index (χ0v) is 17.3. The molecule has 1 saturated heterocycles. The molecule has 1 amide bonds. The molecule has 0 spiro atoms. The Labute approximate surface area is 179 Å². The maximum absolute atomic E-state index is 13.1. The van der Waals surface area contributed by atoms with Gasteiger partial charge >= 0.3 is 0 Å². The summed E-state index contributed by atoms with van der Waals surface area (Å²) in [7, 11) is 0. The van der Waals surface area contributed by atoms with Crippen LogP contribution in [0.2, 0.25) is 5.02 Å². The first-order chi connectivity index (χ1) is 14.5. The Bertz CT molecular complexity index is 1030. The van der Waals surface area contributed by atoms with E-state index in [-0.39, 0.29) is 17.6 Å². The molecule has 3 aromatic rings. The number of carbonyl (C=O) groups is 1. The van der Waals surface area contributed by atoms with Gasteiger partial charge in [0.2, 0.25) is 17.7 Å². The molecular weight excluding hydrogens is 407 g/mol. The molecule has 0 saturated carbocycles. The van der Waals surface area contributed by atoms with Crippen LogP contribution < -0.4 is 5.32 Å². The average Bonchev–Trinajstić information content (AvgIpc) is 3.22. The van der Waals surface area contributed by atoms with Gasteiger partial charge in [0.25, 0.3) is 0 Å². The number of benzene rings is 2. The molecule has 6 nitrogen and oxygen atoms in total. The molecule has 156 valence electrons. The number of aromatic nitrogens is 2. The summed E-state index contributed by atoms with van der Waals surface area (Å²) < 4.78 is 18.9. The quantitative estimate of drug-likeness (QED) is 0.640. The summed E-state index contributed by atoms with van der Waals surface area (Å²) >= 11 is 6.11. The van der Waals surface area contributed by atoms with E-state index in [2.05, 4.69) is 20.4 Å². The molecule has 1 fully saturated rings. The van der Waals surface area contributed by atoms with Crippen molar-refractivity contribution >= 4 is 23.2 Å². The van der Waals surface area contributed by atoms with Crippen molar-refractivity contribution in [3.05, 3.63) is 64.8 Å². The molecule has 0 atom stereocenters. The Kier molecular flexibility index (Phi) is 6.11. The van der Waals surface area contributed by atoms with Gasteiger partial charge < -0.3 is 9.73 Å². The summed E-state index contributed by atoms with van der Waals surface area (Å²) in [5, 5.41) is 11.8. The lowest BCUT2D eigenvalue weighted by atomic mass is 9.97. The van der Waals surface area contributed by atoms with E-state index in [9.17, 15) is 9.18 Å². The number of hydrogen-bond donors (Lipinski definition) is 1. The third-order valence-corrected chi connectivity index (χ3v) is 5.70. The SMILES string of the molecule is Cc1ccc(NC(=O)CN2CCC(c3nnc(-c4ccc(F)cc4)o3)CC2)cc1Cl. The summed E-state index contributed by atoms with van der Waals surface area (Å²) in [6.45, 7) is 3.77. The Hall–Kier alpha value is -2.77. The van der Waals surface area contributed by atoms with Crippen molar-refractivity contribution in [2.45, 2.75) is 25.7 Å². The molecule has 1 N–H and O–H groups in total. The molecule has 4 rings (SSSR count). The number of amides is 1. The number of aryl methyl sites for hydroxylation is 1. The number of nitrogens with zero attached hydrogens (tertiary/aromatic N) is 3. The molecule has 0 bridgehead atoms. The minimum absolute atomic E-state index is 0.0650. The highest BCUT2D eigenvalue weighted by Crippen LogP contribution is 2.29. The van der Waals surface area contributed by atoms with Crippen molar-refractivity contribution in [1.82, 2.24) is 15.1 Å². The third kappa shape index (κ3) is 4.86. The minimum atomic E-state index is -0.305. The first-order valence-electron chi connectivity index (χ1n) is 9.85. The fourth-order valence-electron chi connectivity index (χ4n) is 3.52. The van der Waals surface area contributed by atoms with E-state index < -0.39 is 0 Å². The molecule has 30 heavy (non-hydrogen) atoms. The zero-order valence-electron chi connectivity index (χ0n) is 16.6. The van der Waals surface area contributed by atoms with E-state index in [1.165, 1.54) is 12.1 Å². The van der Waals surface area contributed by atoms with E-state index >= 15 is 0 Å². The van der Waals surface area contributed by atoms with Gasteiger partial charge in [0, 0.05) is 22.2 Å². The van der Waals surface area contributed by atoms with Crippen LogP contribution in [0.3, 0.4) is 0 Å². The second kappa shape index (κ2) is 8.93. The van der Waals surface area contributed by atoms with Crippen molar-refractivity contribution in [2.24, 2.45) is 0 Å². The van der Waals surface area contributed by atoms with E-state index in [1.54, 1.807) is 18.2 Å². The highest BCUT2D eigenvalue weighted by Gasteiger charge is 2.26. The molecule has 1 aromatic heterocycles. The van der Waals surface area contributed by atoms with Gasteiger partial charge in [0.1, 0.15) is 5.82 Å². The van der Waals surface area contributed by atoms with Crippen LogP contribution in [0.1, 0.15) is 30.2 Å². The van der Waals surface area contributed by atoms with Crippen molar-refractivity contribution < 1.29 is 13.6 Å². The molecule has 8 heteroatoms. The summed E-state index contributed by atoms with van der Waals surface area (Å²) in [5.41, 5.74) is 2.37. The van der Waals surface area contributed by atoms with Crippen molar-refractivity contribution in [1.29, 1.82) is 0 Å². The molecule has 2 aromatic carbocycles. The lowest BCUT2D eigenvalue weighted by Crippen LogP contribution is -2.38. The van der Waals surface area contributed by atoms with E-state index in [0.717, 1.165) is 31.5 Å². The van der Waals surface area contributed by atoms with Crippen molar-refractivity contribution in [2.75, 3.05) is 25.0 Å². The number of likely N-dealkylation sites (tertiary alicyclic amines) is 1. The van der Waals surface area contributed by atoms with Crippen LogP contribution in [0.15, 0.2) is 46.9 Å². The van der Waals surface area contributed by atoms with Crippen LogP contribution in [-0.4, -0.2) is 40.6 Å². The molecule has 0 unspecified atom stereocenters. The first-order valence-corrected chi connectivity index (χ1v) is 10.2. The van der Waals surface area contributed by atoms with E-state index in [4.69, 9.17) is 16.0 Å². The van der Waals surface area contributed by atoms with Crippen LogP contribution >= 0.6 is 11.6 Å². The Morgan fingerprint density at radius 1 is 1.20 bits per heavy atom. The highest BCUT2D eigenvalue weighted by molar-refractivity contribution is 6.31. The molecule has 2 heterocycles. The Balaban J connectivity index is 1.29. The number of halogens is 2. The van der Waals surface area contributed by atoms with Crippen LogP contribution in [0.5, 0.6) is 0 Å². The van der Waals surface area contributed by atoms with Gasteiger partial charge in [0.05, 0.1) is 6.54 Å². The van der Waals surface area contributed by atoms with Crippen LogP contribution in [0, 0.1) is 12.7 Å². The first kappa shape index (κ1) is 20.5. The normalized spacial score (nSPS) is 15.3. The van der Waals surface area contributed by atoms with Crippen molar-refractivity contribution in [3.63, 3.8) is 0 Å². The van der Waals surface area contributed by atoms with E-state index in [1.807, 2.05) is 19.1 Å². The lowest BCUT2D eigenvalue weighted by molar-refractivity contribution is -0.117. The molecule has 0 aliphatic carbocycles. The van der Waals surface area contributed by atoms with Gasteiger partial charge in [-0.25, -0.2) is 4.39 Å². The zero-order chi connectivity index (χ0) is 21.1. The number of hydrogen-bond acceptors (Lipinski definition) is 5. The van der Waals surface area contributed by atoms with Crippen LogP contribution in [0.25, 0.3) is 11.5 Å². The van der Waals surface area contributed by atoms with Gasteiger partial charge in [-0.15, -0.1) is 10.2 Å². The summed E-state index contributed by atoms with van der Waals surface area (Å²) in [5.74, 6) is 0.767. The molecule has 1 aliphatic heterocycles. The number of anilines is 1. The predicted molar refractivity (Wildman–Crippen MR) is 113 cm³/mol. The Morgan fingerprint density at radius 3 is 2.63 bits per heavy atom. The monoisotopic (exact) mass is 428 g/mol. The smallest absolute Gasteiger partial charge is 0.247 e. The fraction of sp³-hybridized carbons (Fsp3) is 0.318. The van der Waals surface area contributed by atoms with Gasteiger partial charge in [-0.3, -0.25) is 9.69 Å². The fourth-order valence-corrected chi connectivity index (χ4v) is 3.70. The summed E-state index contributed by atoms with van der Waals surface area (Å²) in [4.78, 5) is 14.5. The van der Waals surface area contributed by atoms with E-state index in [0.29, 0.717) is 34.6 Å². The molecular formula is C22H22ClFN4O2. The molecule has 1 aliphatic rings. The number of rotatable bonds is 5. The standard InChI is InChI=1S/C22H22ClFN4O2/c1-14-2-7-18(12-19(14)23)25-20(29)13-28-10-8-16(9-11-28)22-27-26-21(30-22)15-3-5-17(24)6-4-15/h2-7,12,16H,8-11,13H2,1H3,(H,25,29). The van der Waals surface area contributed by atoms with Gasteiger partial charge in [0.15, 0.2) is 0 Å². The second-order valence-corrected chi connectivity index (χ2v) is 7.92. The number of carbonyl (C=O) groups excluding carboxylic acids is 1. The maximum atomic E-state index is 13.1. The van der Waals surface area contributed by atoms with Crippen molar-refractivity contribution in [3.8, 4) is 11.5 Å². The van der Waals surface area contributed by atoms with Gasteiger partial charge in [-0.2, -0.15) is 0 Å². The summed E-state index contributed by atoms with van der Waals surface area (Å²) in [6, 6.07) is 11.5. The second-order valence-electron chi connectivity index (χ2n) is 7.51. The van der Waals surface area contributed by atoms with Gasteiger partial charge in [-0.05, 0) is 74.8 Å². The highest BCUT2D eigenvalue weighted by atomic mass is 35.5. The maximum Gasteiger partial charge on any atom is 0.247 e. The number of nitrogens with one attached hydrogen (secondary N) is 1. The topological polar surface area (TPSA) is 71.3 Å². The molecule has 0 radical (unpaired) electrons. The summed E-state index contributed by atoms with van der Waals surface area (Å²) in [6.07, 6.45) is 1.66.